The third kappa shape index (κ3) is 3.66. The summed E-state index contributed by atoms with van der Waals surface area (Å²) < 4.78 is 17.3. The van der Waals surface area contributed by atoms with Gasteiger partial charge in [-0.05, 0) is 54.5 Å². The van der Waals surface area contributed by atoms with Crippen LogP contribution in [0, 0.1) is 6.92 Å². The van der Waals surface area contributed by atoms with Gasteiger partial charge in [0.05, 0.1) is 12.7 Å². The smallest absolute Gasteiger partial charge is 0.231 e. The molecule has 0 atom stereocenters. The maximum absolute atomic E-state index is 13.0. The Morgan fingerprint density at radius 3 is 2.65 bits per heavy atom. The van der Waals surface area contributed by atoms with Crippen molar-refractivity contribution in [2.75, 3.05) is 13.8 Å². The van der Waals surface area contributed by atoms with E-state index in [0.29, 0.717) is 30.3 Å². The number of aromatic nitrogens is 1. The standard InChI is InChI=1S/C25H22N2O4/c1-16-24-19(14-27(15-30-24)13-18-3-5-20(29-2)6-4-18)12-21-23(28)22(31-25(16)21)11-17-7-9-26-10-8-17/h3-12H,13-15H2,1-2H3/b22-11-. The van der Waals surface area contributed by atoms with E-state index in [4.69, 9.17) is 14.2 Å². The van der Waals surface area contributed by atoms with Gasteiger partial charge < -0.3 is 14.2 Å². The molecule has 0 unspecified atom stereocenters. The van der Waals surface area contributed by atoms with E-state index in [1.54, 1.807) is 25.6 Å². The summed E-state index contributed by atoms with van der Waals surface area (Å²) in [6.07, 6.45) is 5.13. The fourth-order valence-corrected chi connectivity index (χ4v) is 4.00. The second-order valence-electron chi connectivity index (χ2n) is 7.70. The normalized spacial score (nSPS) is 16.5. The summed E-state index contributed by atoms with van der Waals surface area (Å²) in [5.41, 5.74) is 4.50. The van der Waals surface area contributed by atoms with Gasteiger partial charge in [-0.2, -0.15) is 0 Å². The molecular formula is C25H22N2O4. The van der Waals surface area contributed by atoms with Crippen LogP contribution < -0.4 is 14.2 Å². The van der Waals surface area contributed by atoms with Gasteiger partial charge in [-0.3, -0.25) is 14.7 Å². The first-order valence-corrected chi connectivity index (χ1v) is 10.1. The van der Waals surface area contributed by atoms with Crippen LogP contribution in [0.1, 0.15) is 32.6 Å². The molecule has 0 fully saturated rings. The van der Waals surface area contributed by atoms with Crippen molar-refractivity contribution in [3.63, 3.8) is 0 Å². The minimum Gasteiger partial charge on any atom is -0.497 e. The van der Waals surface area contributed by atoms with Gasteiger partial charge in [0.25, 0.3) is 0 Å². The average molecular weight is 414 g/mol. The van der Waals surface area contributed by atoms with Crippen LogP contribution in [-0.2, 0) is 13.1 Å². The van der Waals surface area contributed by atoms with E-state index in [1.165, 1.54) is 5.56 Å². The van der Waals surface area contributed by atoms with Crippen molar-refractivity contribution >= 4 is 11.9 Å². The molecule has 1 aromatic heterocycles. The number of rotatable bonds is 4. The predicted octanol–water partition coefficient (Wildman–Crippen LogP) is 4.37. The molecule has 0 radical (unpaired) electrons. The Hall–Kier alpha value is -3.64. The van der Waals surface area contributed by atoms with Gasteiger partial charge in [-0.25, -0.2) is 0 Å². The Morgan fingerprint density at radius 1 is 1.13 bits per heavy atom. The van der Waals surface area contributed by atoms with Gasteiger partial charge in [-0.1, -0.05) is 12.1 Å². The third-order valence-electron chi connectivity index (χ3n) is 5.57. The number of methoxy groups -OCH3 is 1. The van der Waals surface area contributed by atoms with Gasteiger partial charge in [-0.15, -0.1) is 0 Å². The number of pyridine rings is 1. The topological polar surface area (TPSA) is 60.9 Å². The zero-order chi connectivity index (χ0) is 21.4. The molecule has 0 saturated heterocycles. The molecule has 2 aromatic carbocycles. The first kappa shape index (κ1) is 19.3. The Labute approximate surface area is 180 Å². The molecule has 3 heterocycles. The number of carbonyl (C=O) groups excluding carboxylic acids is 1. The summed E-state index contributed by atoms with van der Waals surface area (Å²) >= 11 is 0. The summed E-state index contributed by atoms with van der Waals surface area (Å²) in [5, 5.41) is 0. The number of hydrogen-bond donors (Lipinski definition) is 0. The van der Waals surface area contributed by atoms with Crippen LogP contribution >= 0.6 is 0 Å². The van der Waals surface area contributed by atoms with E-state index >= 15 is 0 Å². The largest absolute Gasteiger partial charge is 0.497 e. The summed E-state index contributed by atoms with van der Waals surface area (Å²) in [6, 6.07) is 13.6. The molecule has 2 aliphatic rings. The highest BCUT2D eigenvalue weighted by molar-refractivity contribution is 6.15. The highest BCUT2D eigenvalue weighted by atomic mass is 16.5. The van der Waals surface area contributed by atoms with Crippen LogP contribution in [0.15, 0.2) is 60.6 Å². The molecule has 0 bridgehead atoms. The number of allylic oxidation sites excluding steroid dienone is 1. The Morgan fingerprint density at radius 2 is 1.90 bits per heavy atom. The number of nitrogens with zero attached hydrogens (tertiary/aromatic N) is 2. The number of benzene rings is 2. The van der Waals surface area contributed by atoms with Crippen molar-refractivity contribution in [3.8, 4) is 17.2 Å². The molecule has 6 nitrogen and oxygen atoms in total. The Kier molecular flexibility index (Phi) is 4.92. The fourth-order valence-electron chi connectivity index (χ4n) is 4.00. The number of fused-ring (bicyclic) bond motifs is 2. The molecule has 0 N–H and O–H groups in total. The lowest BCUT2D eigenvalue weighted by atomic mass is 10.00. The molecule has 0 aliphatic carbocycles. The second-order valence-corrected chi connectivity index (χ2v) is 7.70. The summed E-state index contributed by atoms with van der Waals surface area (Å²) in [7, 11) is 1.66. The minimum atomic E-state index is -0.106. The van der Waals surface area contributed by atoms with Gasteiger partial charge in [0.15, 0.2) is 5.76 Å². The number of ketones is 1. The van der Waals surface area contributed by atoms with Crippen molar-refractivity contribution in [2.45, 2.75) is 20.0 Å². The first-order chi connectivity index (χ1) is 15.1. The van der Waals surface area contributed by atoms with Crippen LogP contribution in [0.5, 0.6) is 17.2 Å². The molecule has 2 aliphatic heterocycles. The van der Waals surface area contributed by atoms with Gasteiger partial charge in [0, 0.05) is 36.6 Å². The monoisotopic (exact) mass is 414 g/mol. The fraction of sp³-hybridized carbons (Fsp3) is 0.200. The number of Topliss-reactive ketones (excluding diaryl/α,β-unsaturated/α-hetero) is 1. The van der Waals surface area contributed by atoms with Crippen LogP contribution in [0.2, 0.25) is 0 Å². The van der Waals surface area contributed by atoms with Gasteiger partial charge in [0.2, 0.25) is 5.78 Å². The van der Waals surface area contributed by atoms with Crippen LogP contribution in [0.3, 0.4) is 0 Å². The van der Waals surface area contributed by atoms with E-state index < -0.39 is 0 Å². The zero-order valence-corrected chi connectivity index (χ0v) is 17.4. The van der Waals surface area contributed by atoms with E-state index in [-0.39, 0.29) is 5.78 Å². The third-order valence-corrected chi connectivity index (χ3v) is 5.57. The predicted molar refractivity (Wildman–Crippen MR) is 116 cm³/mol. The van der Waals surface area contributed by atoms with Gasteiger partial charge in [0.1, 0.15) is 24.0 Å². The lowest BCUT2D eigenvalue weighted by Gasteiger charge is -2.30. The molecule has 0 spiro atoms. The van der Waals surface area contributed by atoms with Crippen LogP contribution in [0.4, 0.5) is 0 Å². The van der Waals surface area contributed by atoms with Crippen LogP contribution in [-0.4, -0.2) is 29.5 Å². The van der Waals surface area contributed by atoms with Crippen LogP contribution in [0.25, 0.3) is 6.08 Å². The van der Waals surface area contributed by atoms with Gasteiger partial charge >= 0.3 is 0 Å². The molecule has 31 heavy (non-hydrogen) atoms. The zero-order valence-electron chi connectivity index (χ0n) is 17.4. The van der Waals surface area contributed by atoms with Crippen molar-refractivity contribution in [2.24, 2.45) is 0 Å². The molecule has 0 saturated carbocycles. The lowest BCUT2D eigenvalue weighted by molar-refractivity contribution is 0.0876. The maximum atomic E-state index is 13.0. The highest BCUT2D eigenvalue weighted by Gasteiger charge is 2.33. The molecule has 0 amide bonds. The first-order valence-electron chi connectivity index (χ1n) is 10.1. The summed E-state index contributed by atoms with van der Waals surface area (Å²) in [5.74, 6) is 2.45. The van der Waals surface area contributed by atoms with E-state index in [9.17, 15) is 4.79 Å². The Balaban J connectivity index is 1.39. The van der Waals surface area contributed by atoms with Crippen molar-refractivity contribution in [3.05, 3.63) is 88.4 Å². The van der Waals surface area contributed by atoms with E-state index in [1.807, 2.05) is 37.3 Å². The molecule has 3 aromatic rings. The molecule has 6 heteroatoms. The maximum Gasteiger partial charge on any atom is 0.231 e. The lowest BCUT2D eigenvalue weighted by Crippen LogP contribution is -2.32. The molecule has 5 rings (SSSR count). The van der Waals surface area contributed by atoms with E-state index in [0.717, 1.165) is 34.7 Å². The van der Waals surface area contributed by atoms with E-state index in [2.05, 4.69) is 22.0 Å². The molecule has 156 valence electrons. The highest BCUT2D eigenvalue weighted by Crippen LogP contribution is 2.43. The average Bonchev–Trinajstić information content (AvgIpc) is 3.11. The van der Waals surface area contributed by atoms with Crippen molar-refractivity contribution < 1.29 is 19.0 Å². The number of hydrogen-bond acceptors (Lipinski definition) is 6. The van der Waals surface area contributed by atoms with Crippen molar-refractivity contribution in [1.82, 2.24) is 9.88 Å². The molecular weight excluding hydrogens is 392 g/mol. The number of carbonyl (C=O) groups is 1. The summed E-state index contributed by atoms with van der Waals surface area (Å²) in [4.78, 5) is 19.2. The minimum absolute atomic E-state index is 0.106. The SMILES string of the molecule is COc1ccc(CN2COc3c(cc4c(c3C)O/C(=C\c3ccncc3)C4=O)C2)cc1. The number of ether oxygens (including phenoxy) is 3. The Bertz CT molecular complexity index is 1170. The summed E-state index contributed by atoms with van der Waals surface area (Å²) in [6.45, 7) is 3.87. The van der Waals surface area contributed by atoms with Crippen molar-refractivity contribution in [1.29, 1.82) is 0 Å². The quantitative estimate of drug-likeness (QED) is 0.591. The second kappa shape index (κ2) is 7.89.